The minimum absolute atomic E-state index is 0.00755. The van der Waals surface area contributed by atoms with Crippen molar-refractivity contribution >= 4 is 40.0 Å². The predicted octanol–water partition coefficient (Wildman–Crippen LogP) is 10.3. The molecule has 6 unspecified atom stereocenters. The lowest BCUT2D eigenvalue weighted by molar-refractivity contribution is -0.385. The molecule has 1 saturated carbocycles. The van der Waals surface area contributed by atoms with Gasteiger partial charge in [0.15, 0.2) is 0 Å². The molecule has 0 bridgehead atoms. The number of unbranched alkanes of at least 4 members (excludes halogenated alkanes) is 2. The average Bonchev–Trinajstić information content (AvgIpc) is 3.39. The number of amides is 2. The Morgan fingerprint density at radius 1 is 0.877 bits per heavy atom. The van der Waals surface area contributed by atoms with Gasteiger partial charge in [-0.3, -0.25) is 25.1 Å². The van der Waals surface area contributed by atoms with Gasteiger partial charge in [0.2, 0.25) is 5.79 Å². The number of ether oxygens (including phenoxy) is 4. The van der Waals surface area contributed by atoms with E-state index in [0.29, 0.717) is 62.1 Å². The van der Waals surface area contributed by atoms with Crippen LogP contribution in [0.3, 0.4) is 0 Å². The van der Waals surface area contributed by atoms with Crippen LogP contribution in [0.15, 0.2) is 139 Å². The van der Waals surface area contributed by atoms with E-state index in [9.17, 15) is 35.2 Å². The summed E-state index contributed by atoms with van der Waals surface area (Å²) in [5.41, 5.74) is 3.03. The molecule has 5 aromatic rings. The van der Waals surface area contributed by atoms with Gasteiger partial charge in [0, 0.05) is 61.9 Å². The maximum absolute atomic E-state index is 15.4. The fraction of sp³-hybridized carbons (Fsp3) is 0.364. The lowest BCUT2D eigenvalue weighted by Gasteiger charge is -2.59. The molecule has 1 heterocycles. The Balaban J connectivity index is 1.36. The van der Waals surface area contributed by atoms with Gasteiger partial charge >= 0.3 is 12.2 Å². The Hall–Kier alpha value is -7.67. The van der Waals surface area contributed by atoms with Crippen molar-refractivity contribution in [3.63, 3.8) is 0 Å². The number of hydrogen-bond donors (Lipinski definition) is 3. The van der Waals surface area contributed by atoms with E-state index < -0.39 is 45.7 Å². The van der Waals surface area contributed by atoms with Gasteiger partial charge in [0.25, 0.3) is 11.4 Å². The number of nitro groups is 2. The van der Waals surface area contributed by atoms with Crippen LogP contribution in [-0.4, -0.2) is 81.1 Å². The van der Waals surface area contributed by atoms with Gasteiger partial charge < -0.3 is 39.3 Å². The zero-order valence-electron chi connectivity index (χ0n) is 40.5. The number of oxime groups is 1. The van der Waals surface area contributed by atoms with Crippen molar-refractivity contribution in [3.8, 4) is 17.2 Å². The van der Waals surface area contributed by atoms with Crippen LogP contribution in [0.4, 0.5) is 21.0 Å². The Morgan fingerprint density at radius 3 is 2.26 bits per heavy atom. The molecule has 1 fully saturated rings. The molecule has 18 nitrogen and oxygen atoms in total. The number of nitro benzene ring substituents is 2. The molecule has 2 aliphatic carbocycles. The largest absolute Gasteiger partial charge is 0.459 e. The highest BCUT2D eigenvalue weighted by atomic mass is 16.7. The van der Waals surface area contributed by atoms with Gasteiger partial charge in [-0.1, -0.05) is 72.6 Å². The lowest BCUT2D eigenvalue weighted by Crippen LogP contribution is -2.70. The standard InChI is InChI=1S/C55H59N5O13/c1-3-30-69-55-50(58(34-39-15-11-14-37-12-5-6-16-44(37)39)54(64)72-42-24-22-41(23-25-42)60(67)68)33-48(57-70-35-36-18-20-40(21-19-36)59(65)66)46-31-38(13-7-9-28-61)45(17-8-10-29-62)51(52(46)55)47-32-43(26-27-49(47)73-55)71-53(63)56-4-2/h3,5-6,11-12,14-16,18-27,31-32,38,45,50-52,61-62H,1,4,7-10,13,17,28-30,33-35H2,2H3,(H,56,63). The molecular weight excluding hydrogens is 939 g/mol. The van der Waals surface area contributed by atoms with Crippen molar-refractivity contribution in [1.82, 2.24) is 10.2 Å². The fourth-order valence-electron chi connectivity index (χ4n) is 10.6. The normalized spacial score (nSPS) is 21.2. The molecule has 0 aromatic heterocycles. The molecule has 1 aliphatic heterocycles. The quantitative estimate of drug-likeness (QED) is 0.0254. The van der Waals surface area contributed by atoms with Gasteiger partial charge in [-0.05, 0) is 114 Å². The molecule has 0 radical (unpaired) electrons. The average molecular weight is 998 g/mol. The molecule has 3 N–H and O–H groups in total. The van der Waals surface area contributed by atoms with Crippen molar-refractivity contribution in [3.05, 3.63) is 170 Å². The molecule has 2 amide bonds. The maximum atomic E-state index is 15.4. The fourth-order valence-corrected chi connectivity index (χ4v) is 10.6. The summed E-state index contributed by atoms with van der Waals surface area (Å²) < 4.78 is 26.5. The second kappa shape index (κ2) is 23.7. The van der Waals surface area contributed by atoms with Crippen LogP contribution >= 0.6 is 0 Å². The number of aliphatic hydroxyl groups excluding tert-OH is 2. The smallest absolute Gasteiger partial charge is 0.416 e. The van der Waals surface area contributed by atoms with Crippen LogP contribution in [0.2, 0.25) is 0 Å². The Labute approximate surface area is 422 Å². The van der Waals surface area contributed by atoms with E-state index in [-0.39, 0.29) is 74.1 Å². The first-order valence-electron chi connectivity index (χ1n) is 24.6. The van der Waals surface area contributed by atoms with Gasteiger partial charge in [0.1, 0.15) is 29.9 Å². The van der Waals surface area contributed by atoms with E-state index in [1.165, 1.54) is 36.4 Å². The third kappa shape index (κ3) is 11.5. The van der Waals surface area contributed by atoms with Gasteiger partial charge in [-0.2, -0.15) is 0 Å². The number of fused-ring (bicyclic) bond motifs is 3. The van der Waals surface area contributed by atoms with Crippen molar-refractivity contribution in [2.75, 3.05) is 26.4 Å². The highest BCUT2D eigenvalue weighted by Gasteiger charge is 2.66. The molecule has 0 spiro atoms. The number of carbonyl (C=O) groups is 2. The first-order chi connectivity index (χ1) is 35.5. The number of non-ortho nitro benzene ring substituents is 2. The summed E-state index contributed by atoms with van der Waals surface area (Å²) in [6, 6.07) is 28.9. The van der Waals surface area contributed by atoms with E-state index in [0.717, 1.165) is 27.5 Å². The number of aliphatic hydroxyl groups is 2. The van der Waals surface area contributed by atoms with Crippen LogP contribution in [0.5, 0.6) is 17.2 Å². The van der Waals surface area contributed by atoms with E-state index in [1.54, 1.807) is 42.2 Å². The lowest BCUT2D eigenvalue weighted by atomic mass is 9.55. The van der Waals surface area contributed by atoms with Gasteiger partial charge in [-0.25, -0.2) is 9.59 Å². The SMILES string of the molecule is C=CCOC12Oc3ccc(OC(=O)NCC)cc3C3C(CCCCO)C(CCCCO)C=C(C(=NOCc4ccc([N+](=O)[O-])cc4)CC1N(Cc1cccc4ccccc14)C(=O)Oc1ccc([N+](=O)[O-])cc1)C32. The monoisotopic (exact) mass is 997 g/mol. The number of benzene rings is 5. The predicted molar refractivity (Wildman–Crippen MR) is 271 cm³/mol. The first kappa shape index (κ1) is 51.7. The zero-order chi connectivity index (χ0) is 51.5. The van der Waals surface area contributed by atoms with E-state index >= 15 is 4.79 Å². The summed E-state index contributed by atoms with van der Waals surface area (Å²) in [5, 5.41) is 52.5. The summed E-state index contributed by atoms with van der Waals surface area (Å²) in [7, 11) is 0. The molecule has 382 valence electrons. The van der Waals surface area contributed by atoms with Crippen LogP contribution in [0.25, 0.3) is 10.8 Å². The van der Waals surface area contributed by atoms with E-state index in [2.05, 4.69) is 18.0 Å². The number of hydrogen-bond acceptors (Lipinski definition) is 14. The second-order valence-electron chi connectivity index (χ2n) is 18.3. The Bertz CT molecular complexity index is 2850. The summed E-state index contributed by atoms with van der Waals surface area (Å²) in [6.45, 7) is 6.02. The van der Waals surface area contributed by atoms with Crippen LogP contribution in [0.1, 0.15) is 74.5 Å². The van der Waals surface area contributed by atoms with Crippen molar-refractivity contribution in [1.29, 1.82) is 0 Å². The number of rotatable bonds is 22. The van der Waals surface area contributed by atoms with Crippen LogP contribution in [-0.2, 0) is 22.7 Å². The number of carbonyl (C=O) groups excluding carboxylic acids is 2. The Kier molecular flexibility index (Phi) is 16.8. The molecular formula is C55H59N5O13. The molecule has 6 atom stereocenters. The Morgan fingerprint density at radius 2 is 1.56 bits per heavy atom. The number of nitrogens with one attached hydrogen (secondary N) is 1. The van der Waals surface area contributed by atoms with Gasteiger partial charge in [-0.15, -0.1) is 6.58 Å². The van der Waals surface area contributed by atoms with E-state index in [4.69, 9.17) is 28.9 Å². The van der Waals surface area contributed by atoms with Crippen LogP contribution < -0.4 is 19.5 Å². The molecule has 3 aliphatic rings. The summed E-state index contributed by atoms with van der Waals surface area (Å²) in [5.74, 6) is -2.48. The third-order valence-electron chi connectivity index (χ3n) is 13.8. The molecule has 8 rings (SSSR count). The van der Waals surface area contributed by atoms with Crippen molar-refractivity contribution in [2.24, 2.45) is 22.9 Å². The highest BCUT2D eigenvalue weighted by molar-refractivity contribution is 6.03. The third-order valence-corrected chi connectivity index (χ3v) is 13.8. The summed E-state index contributed by atoms with van der Waals surface area (Å²) >= 11 is 0. The number of nitrogens with zero attached hydrogens (tertiary/aromatic N) is 4. The second-order valence-corrected chi connectivity index (χ2v) is 18.3. The highest BCUT2D eigenvalue weighted by Crippen LogP contribution is 2.62. The maximum Gasteiger partial charge on any atom is 0.416 e. The first-order valence-corrected chi connectivity index (χ1v) is 24.6. The number of allylic oxidation sites excluding steroid dienone is 1. The summed E-state index contributed by atoms with van der Waals surface area (Å²) in [6.07, 6.45) is 6.10. The topological polar surface area (TPSA) is 235 Å². The minimum Gasteiger partial charge on any atom is -0.459 e. The van der Waals surface area contributed by atoms with Crippen molar-refractivity contribution in [2.45, 2.75) is 82.8 Å². The molecule has 18 heteroatoms. The molecule has 0 saturated heterocycles. The molecule has 5 aromatic carbocycles. The van der Waals surface area contributed by atoms with E-state index in [1.807, 2.05) is 48.5 Å². The zero-order valence-corrected chi connectivity index (χ0v) is 40.5. The van der Waals surface area contributed by atoms with Crippen LogP contribution in [0, 0.1) is 38.0 Å². The van der Waals surface area contributed by atoms with Gasteiger partial charge in [0.05, 0.1) is 34.6 Å². The summed E-state index contributed by atoms with van der Waals surface area (Å²) in [4.78, 5) is 58.2. The minimum atomic E-state index is -1.72. The molecule has 73 heavy (non-hydrogen) atoms. The van der Waals surface area contributed by atoms with Crippen molar-refractivity contribution < 1.29 is 53.4 Å².